The Balaban J connectivity index is 1.79. The first-order valence-electron chi connectivity index (χ1n) is 8.93. The number of aromatic nitrogens is 6. The molecule has 3 heterocycles. The maximum absolute atomic E-state index is 12.7. The summed E-state index contributed by atoms with van der Waals surface area (Å²) < 4.78 is 5.89. The molecule has 0 aromatic carbocycles. The molecule has 10 nitrogen and oxygen atoms in total. The average Bonchev–Trinajstić information content (AvgIpc) is 3.32. The first kappa shape index (κ1) is 20.8. The molecule has 0 aliphatic heterocycles. The Kier molecular flexibility index (Phi) is 5.60. The van der Waals surface area contributed by atoms with Gasteiger partial charge < -0.3 is 10.4 Å². The van der Waals surface area contributed by atoms with E-state index in [1.54, 1.807) is 11.6 Å². The van der Waals surface area contributed by atoms with Crippen LogP contribution in [0.15, 0.2) is 16.7 Å². The van der Waals surface area contributed by atoms with Crippen LogP contribution in [0.3, 0.4) is 0 Å². The van der Waals surface area contributed by atoms with Gasteiger partial charge in [-0.3, -0.25) is 9.48 Å². The van der Waals surface area contributed by atoms with E-state index in [1.165, 1.54) is 16.9 Å². The van der Waals surface area contributed by atoms with Crippen LogP contribution >= 0.6 is 15.9 Å². The number of rotatable bonds is 6. The molecule has 1 atom stereocenters. The smallest absolute Gasteiger partial charge is 0.356 e. The van der Waals surface area contributed by atoms with Gasteiger partial charge in [-0.25, -0.2) is 14.2 Å². The Morgan fingerprint density at radius 3 is 2.28 bits per heavy atom. The maximum Gasteiger partial charge on any atom is 0.356 e. The Hall–Kier alpha value is -2.95. The number of halogens is 1. The lowest BCUT2D eigenvalue weighted by molar-refractivity contribution is -0.119. The van der Waals surface area contributed by atoms with Gasteiger partial charge in [-0.05, 0) is 56.6 Å². The molecule has 0 aliphatic rings. The van der Waals surface area contributed by atoms with Gasteiger partial charge in [0.1, 0.15) is 12.7 Å². The van der Waals surface area contributed by atoms with Crippen LogP contribution in [-0.2, 0) is 11.5 Å². The van der Waals surface area contributed by atoms with E-state index in [-0.39, 0.29) is 11.6 Å². The topological polar surface area (TPSA) is 120 Å². The van der Waals surface area contributed by atoms with Crippen molar-refractivity contribution < 1.29 is 14.7 Å². The number of carboxylic acid groups (broad SMARTS) is 1. The second kappa shape index (κ2) is 7.82. The van der Waals surface area contributed by atoms with Crippen molar-refractivity contribution in [2.45, 2.75) is 47.3 Å². The second-order valence-electron chi connectivity index (χ2n) is 6.82. The minimum absolute atomic E-state index is 0.110. The van der Waals surface area contributed by atoms with E-state index in [9.17, 15) is 9.59 Å². The van der Waals surface area contributed by atoms with Crippen molar-refractivity contribution in [3.8, 4) is 0 Å². The van der Waals surface area contributed by atoms with Crippen LogP contribution in [-0.4, -0.2) is 46.3 Å². The SMILES string of the molecule is Cc1nn(Cn2nc(C)c(NC(=O)C(C)n3ccc(C(=O)O)n3)c2C)c(C)c1Br. The van der Waals surface area contributed by atoms with E-state index in [0.29, 0.717) is 18.1 Å². The molecule has 1 unspecified atom stereocenters. The number of nitrogens with zero attached hydrogens (tertiary/aromatic N) is 6. The van der Waals surface area contributed by atoms with Crippen molar-refractivity contribution in [2.75, 3.05) is 5.32 Å². The third-order valence-corrected chi connectivity index (χ3v) is 5.94. The summed E-state index contributed by atoms with van der Waals surface area (Å²) in [4.78, 5) is 23.7. The van der Waals surface area contributed by atoms with Crippen LogP contribution in [0.25, 0.3) is 0 Å². The summed E-state index contributed by atoms with van der Waals surface area (Å²) in [5.74, 6) is -1.45. The summed E-state index contributed by atoms with van der Waals surface area (Å²) in [5.41, 5.74) is 3.86. The Labute approximate surface area is 175 Å². The van der Waals surface area contributed by atoms with E-state index < -0.39 is 12.0 Å². The van der Waals surface area contributed by atoms with Gasteiger partial charge in [0.2, 0.25) is 5.91 Å². The van der Waals surface area contributed by atoms with Crippen LogP contribution in [0, 0.1) is 27.7 Å². The Morgan fingerprint density at radius 1 is 1.10 bits per heavy atom. The number of amides is 1. The van der Waals surface area contributed by atoms with E-state index >= 15 is 0 Å². The molecule has 1 amide bonds. The predicted octanol–water partition coefficient (Wildman–Crippen LogP) is 2.68. The van der Waals surface area contributed by atoms with Crippen LogP contribution in [0.4, 0.5) is 5.69 Å². The predicted molar refractivity (Wildman–Crippen MR) is 109 cm³/mol. The summed E-state index contributed by atoms with van der Waals surface area (Å²) >= 11 is 3.52. The third kappa shape index (κ3) is 3.95. The Bertz CT molecular complexity index is 1100. The molecule has 3 rings (SSSR count). The highest BCUT2D eigenvalue weighted by Crippen LogP contribution is 2.23. The number of carbonyl (C=O) groups is 2. The number of carbonyl (C=O) groups excluding carboxylic acids is 1. The highest BCUT2D eigenvalue weighted by atomic mass is 79.9. The number of carboxylic acids is 1. The lowest BCUT2D eigenvalue weighted by atomic mass is 10.2. The van der Waals surface area contributed by atoms with E-state index in [4.69, 9.17) is 5.11 Å². The van der Waals surface area contributed by atoms with Crippen molar-refractivity contribution in [3.05, 3.63) is 45.2 Å². The zero-order valence-electron chi connectivity index (χ0n) is 16.8. The van der Waals surface area contributed by atoms with E-state index in [1.807, 2.05) is 32.4 Å². The van der Waals surface area contributed by atoms with Crippen LogP contribution in [0.2, 0.25) is 0 Å². The minimum atomic E-state index is -1.14. The molecule has 0 spiro atoms. The molecule has 0 saturated heterocycles. The molecule has 154 valence electrons. The number of anilines is 1. The van der Waals surface area contributed by atoms with Gasteiger partial charge >= 0.3 is 5.97 Å². The first-order chi connectivity index (χ1) is 13.6. The molecule has 0 fully saturated rings. The van der Waals surface area contributed by atoms with Crippen LogP contribution in [0.1, 0.15) is 46.2 Å². The average molecular weight is 464 g/mol. The molecule has 3 aromatic heterocycles. The molecule has 0 bridgehead atoms. The standard InChI is InChI=1S/C18H22BrN7O3/c1-9-15(19)11(3)25(21-9)8-26-12(4)16(10(2)22-26)20-17(27)13(5)24-7-6-14(23-24)18(28)29/h6-7,13H,8H2,1-5H3,(H,20,27)(H,28,29). The number of hydrogen-bond acceptors (Lipinski definition) is 5. The van der Waals surface area contributed by atoms with Gasteiger partial charge in [-0.1, -0.05) is 0 Å². The maximum atomic E-state index is 12.7. The molecule has 11 heteroatoms. The lowest BCUT2D eigenvalue weighted by Gasteiger charge is -2.13. The largest absolute Gasteiger partial charge is 0.476 e. The van der Waals surface area contributed by atoms with Crippen molar-refractivity contribution in [1.29, 1.82) is 0 Å². The first-order valence-corrected chi connectivity index (χ1v) is 9.72. The Morgan fingerprint density at radius 2 is 1.72 bits per heavy atom. The molecule has 29 heavy (non-hydrogen) atoms. The number of nitrogens with one attached hydrogen (secondary N) is 1. The summed E-state index contributed by atoms with van der Waals surface area (Å²) in [5, 5.41) is 24.8. The molecular formula is C18H22BrN7O3. The molecule has 3 aromatic rings. The fourth-order valence-electron chi connectivity index (χ4n) is 2.97. The summed E-state index contributed by atoms with van der Waals surface area (Å²) in [6.07, 6.45) is 1.47. The minimum Gasteiger partial charge on any atom is -0.476 e. The highest BCUT2D eigenvalue weighted by molar-refractivity contribution is 9.10. The molecule has 0 radical (unpaired) electrons. The van der Waals surface area contributed by atoms with Gasteiger partial charge in [0.05, 0.1) is 32.9 Å². The van der Waals surface area contributed by atoms with Gasteiger partial charge in [0.25, 0.3) is 0 Å². The number of aromatic carboxylic acids is 1. The number of hydrogen-bond donors (Lipinski definition) is 2. The number of aryl methyl sites for hydroxylation is 2. The van der Waals surface area contributed by atoms with Crippen LogP contribution in [0.5, 0.6) is 0 Å². The fraction of sp³-hybridized carbons (Fsp3) is 0.389. The van der Waals surface area contributed by atoms with Gasteiger partial charge in [0, 0.05) is 6.20 Å². The second-order valence-corrected chi connectivity index (χ2v) is 7.62. The third-order valence-electron chi connectivity index (χ3n) is 4.79. The van der Waals surface area contributed by atoms with E-state index in [0.717, 1.165) is 21.6 Å². The van der Waals surface area contributed by atoms with Gasteiger partial charge in [-0.2, -0.15) is 15.3 Å². The lowest BCUT2D eigenvalue weighted by Crippen LogP contribution is -2.25. The molecule has 0 saturated carbocycles. The van der Waals surface area contributed by atoms with E-state index in [2.05, 4.69) is 36.5 Å². The highest BCUT2D eigenvalue weighted by Gasteiger charge is 2.21. The van der Waals surface area contributed by atoms with Crippen LogP contribution < -0.4 is 5.32 Å². The van der Waals surface area contributed by atoms with Crippen molar-refractivity contribution >= 4 is 33.5 Å². The quantitative estimate of drug-likeness (QED) is 0.579. The van der Waals surface area contributed by atoms with Gasteiger partial charge in [-0.15, -0.1) is 0 Å². The zero-order chi connectivity index (χ0) is 21.5. The molecule has 0 aliphatic carbocycles. The van der Waals surface area contributed by atoms with Crippen molar-refractivity contribution in [2.24, 2.45) is 0 Å². The molecular weight excluding hydrogens is 442 g/mol. The summed E-state index contributed by atoms with van der Waals surface area (Å²) in [7, 11) is 0. The zero-order valence-corrected chi connectivity index (χ0v) is 18.4. The molecule has 2 N–H and O–H groups in total. The van der Waals surface area contributed by atoms with Gasteiger partial charge in [0.15, 0.2) is 5.69 Å². The normalized spacial score (nSPS) is 12.2. The monoisotopic (exact) mass is 463 g/mol. The van der Waals surface area contributed by atoms with Crippen molar-refractivity contribution in [3.63, 3.8) is 0 Å². The van der Waals surface area contributed by atoms with Crippen molar-refractivity contribution in [1.82, 2.24) is 29.3 Å². The summed E-state index contributed by atoms with van der Waals surface area (Å²) in [6, 6.07) is 0.671. The summed E-state index contributed by atoms with van der Waals surface area (Å²) in [6.45, 7) is 9.64. The fourth-order valence-corrected chi connectivity index (χ4v) is 3.25.